The van der Waals surface area contributed by atoms with E-state index in [1.807, 2.05) is 37.3 Å². The summed E-state index contributed by atoms with van der Waals surface area (Å²) in [6.45, 7) is 7.63. The van der Waals surface area contributed by atoms with Crippen LogP contribution in [0.15, 0.2) is 63.6 Å². The number of carbonyl (C=O) groups excluding carboxylic acids is 1. The standard InChI is InChI=1S/C28H30FN3O5/c1-5-34-27(33)28(3,4)37-24-12-11-19(13-22(24)29)15-30-16-25-31-21(17-35-25)14-23-18(2)36-26(32-23)20-9-7-6-8-10-20/h6-13,17,30H,5,14-16H2,1-4H3. The first-order chi connectivity index (χ1) is 17.7. The lowest BCUT2D eigenvalue weighted by molar-refractivity contribution is -0.158. The zero-order valence-corrected chi connectivity index (χ0v) is 21.3. The van der Waals surface area contributed by atoms with Crippen LogP contribution in [0, 0.1) is 12.7 Å². The number of hydrogen-bond acceptors (Lipinski definition) is 8. The van der Waals surface area contributed by atoms with E-state index in [2.05, 4.69) is 15.3 Å². The second-order valence-corrected chi connectivity index (χ2v) is 9.00. The lowest BCUT2D eigenvalue weighted by atomic mass is 10.1. The Kier molecular flexibility index (Phi) is 8.03. The van der Waals surface area contributed by atoms with Crippen LogP contribution in [-0.2, 0) is 29.0 Å². The van der Waals surface area contributed by atoms with Crippen LogP contribution < -0.4 is 10.1 Å². The fourth-order valence-electron chi connectivity index (χ4n) is 3.65. The second-order valence-electron chi connectivity index (χ2n) is 9.00. The van der Waals surface area contributed by atoms with E-state index < -0.39 is 17.4 Å². The first-order valence-corrected chi connectivity index (χ1v) is 12.1. The van der Waals surface area contributed by atoms with Gasteiger partial charge < -0.3 is 23.6 Å². The van der Waals surface area contributed by atoms with Crippen molar-refractivity contribution in [1.29, 1.82) is 0 Å². The number of rotatable bonds is 11. The van der Waals surface area contributed by atoms with E-state index in [1.165, 1.54) is 26.0 Å². The second kappa shape index (κ2) is 11.4. The van der Waals surface area contributed by atoms with Crippen LogP contribution >= 0.6 is 0 Å². The zero-order chi connectivity index (χ0) is 26.4. The third-order valence-electron chi connectivity index (χ3n) is 5.60. The van der Waals surface area contributed by atoms with E-state index in [0.717, 1.165) is 22.7 Å². The van der Waals surface area contributed by atoms with Crippen molar-refractivity contribution in [3.63, 3.8) is 0 Å². The van der Waals surface area contributed by atoms with Gasteiger partial charge in [-0.25, -0.2) is 19.2 Å². The highest BCUT2D eigenvalue weighted by atomic mass is 19.1. The molecule has 0 bridgehead atoms. The van der Waals surface area contributed by atoms with Crippen molar-refractivity contribution in [2.45, 2.75) is 52.8 Å². The van der Waals surface area contributed by atoms with Crippen molar-refractivity contribution in [3.05, 3.63) is 89.2 Å². The number of halogens is 1. The van der Waals surface area contributed by atoms with Crippen molar-refractivity contribution in [2.75, 3.05) is 6.61 Å². The molecule has 8 nitrogen and oxygen atoms in total. The molecule has 0 aliphatic rings. The Labute approximate surface area is 214 Å². The highest BCUT2D eigenvalue weighted by molar-refractivity contribution is 5.79. The van der Waals surface area contributed by atoms with Gasteiger partial charge in [0.2, 0.25) is 11.8 Å². The van der Waals surface area contributed by atoms with Gasteiger partial charge in [-0.2, -0.15) is 0 Å². The predicted molar refractivity (Wildman–Crippen MR) is 134 cm³/mol. The molecule has 2 aromatic heterocycles. The van der Waals surface area contributed by atoms with E-state index in [4.69, 9.17) is 18.3 Å². The van der Waals surface area contributed by atoms with Crippen LogP contribution in [0.2, 0.25) is 0 Å². The summed E-state index contributed by atoms with van der Waals surface area (Å²) in [4.78, 5) is 21.1. The SMILES string of the molecule is CCOC(=O)C(C)(C)Oc1ccc(CNCc2nc(Cc3nc(-c4ccccc4)oc3C)co2)cc1F. The number of oxazole rings is 2. The maximum absolute atomic E-state index is 14.6. The Morgan fingerprint density at radius 3 is 2.62 bits per heavy atom. The minimum atomic E-state index is -1.30. The van der Waals surface area contributed by atoms with Crippen LogP contribution in [0.3, 0.4) is 0 Å². The summed E-state index contributed by atoms with van der Waals surface area (Å²) in [5.41, 5.74) is 1.87. The third kappa shape index (κ3) is 6.62. The lowest BCUT2D eigenvalue weighted by Crippen LogP contribution is -2.40. The molecule has 4 aromatic rings. The van der Waals surface area contributed by atoms with Gasteiger partial charge in [0.15, 0.2) is 17.2 Å². The molecule has 0 aliphatic carbocycles. The summed E-state index contributed by atoms with van der Waals surface area (Å²) in [6, 6.07) is 14.3. The normalized spacial score (nSPS) is 11.5. The molecule has 0 fully saturated rings. The summed E-state index contributed by atoms with van der Waals surface area (Å²) in [5.74, 6) is 0.690. The van der Waals surface area contributed by atoms with Gasteiger partial charge in [-0.15, -0.1) is 0 Å². The molecule has 194 valence electrons. The number of aryl methyl sites for hydroxylation is 1. The molecule has 0 saturated carbocycles. The predicted octanol–water partition coefficient (Wildman–Crippen LogP) is 5.38. The van der Waals surface area contributed by atoms with Crippen molar-refractivity contribution >= 4 is 5.97 Å². The van der Waals surface area contributed by atoms with Crippen molar-refractivity contribution in [1.82, 2.24) is 15.3 Å². The third-order valence-corrected chi connectivity index (χ3v) is 5.60. The number of ether oxygens (including phenoxy) is 2. The summed E-state index contributed by atoms with van der Waals surface area (Å²) in [7, 11) is 0. The molecule has 0 atom stereocenters. The molecular weight excluding hydrogens is 477 g/mol. The van der Waals surface area contributed by atoms with E-state index in [9.17, 15) is 9.18 Å². The fourth-order valence-corrected chi connectivity index (χ4v) is 3.65. The van der Waals surface area contributed by atoms with Crippen LogP contribution in [0.1, 0.15) is 49.4 Å². The maximum atomic E-state index is 14.6. The first-order valence-electron chi connectivity index (χ1n) is 12.1. The van der Waals surface area contributed by atoms with Crippen molar-refractivity contribution in [2.24, 2.45) is 0 Å². The number of nitrogens with zero attached hydrogens (tertiary/aromatic N) is 2. The Balaban J connectivity index is 1.30. The van der Waals surface area contributed by atoms with Crippen molar-refractivity contribution in [3.8, 4) is 17.2 Å². The maximum Gasteiger partial charge on any atom is 0.349 e. The van der Waals surface area contributed by atoms with Gasteiger partial charge in [-0.3, -0.25) is 0 Å². The topological polar surface area (TPSA) is 99.6 Å². The number of esters is 1. The fraction of sp³-hybridized carbons (Fsp3) is 0.321. The quantitative estimate of drug-likeness (QED) is 0.270. The zero-order valence-electron chi connectivity index (χ0n) is 21.3. The minimum absolute atomic E-state index is 0.0160. The molecule has 0 saturated heterocycles. The number of carbonyl (C=O) groups is 1. The molecule has 0 amide bonds. The number of nitrogens with one attached hydrogen (secondary N) is 1. The Bertz CT molecular complexity index is 1350. The van der Waals surface area contributed by atoms with Gasteiger partial charge in [0.05, 0.1) is 24.5 Å². The molecule has 0 spiro atoms. The Morgan fingerprint density at radius 1 is 1.11 bits per heavy atom. The molecule has 2 heterocycles. The Hall–Kier alpha value is -3.98. The number of aromatic nitrogens is 2. The van der Waals surface area contributed by atoms with Gasteiger partial charge in [0.25, 0.3) is 0 Å². The summed E-state index contributed by atoms with van der Waals surface area (Å²) < 4.78 is 36.5. The number of hydrogen-bond donors (Lipinski definition) is 1. The largest absolute Gasteiger partial charge is 0.473 e. The molecule has 4 rings (SSSR count). The van der Waals surface area contributed by atoms with Gasteiger partial charge in [-0.05, 0) is 57.5 Å². The summed E-state index contributed by atoms with van der Waals surface area (Å²) in [6.07, 6.45) is 2.09. The summed E-state index contributed by atoms with van der Waals surface area (Å²) in [5, 5.41) is 3.19. The Morgan fingerprint density at radius 2 is 1.89 bits per heavy atom. The average Bonchev–Trinajstić information content (AvgIpc) is 3.48. The molecule has 9 heteroatoms. The number of benzene rings is 2. The molecular formula is C28H30FN3O5. The van der Waals surface area contributed by atoms with E-state index in [-0.39, 0.29) is 12.4 Å². The summed E-state index contributed by atoms with van der Waals surface area (Å²) >= 11 is 0. The van der Waals surface area contributed by atoms with Gasteiger partial charge in [0.1, 0.15) is 12.0 Å². The van der Waals surface area contributed by atoms with Crippen LogP contribution in [0.4, 0.5) is 4.39 Å². The average molecular weight is 508 g/mol. The van der Waals surface area contributed by atoms with Crippen LogP contribution in [0.25, 0.3) is 11.5 Å². The molecule has 2 aromatic carbocycles. The minimum Gasteiger partial charge on any atom is -0.473 e. The van der Waals surface area contributed by atoms with E-state index in [0.29, 0.717) is 36.9 Å². The van der Waals surface area contributed by atoms with Crippen molar-refractivity contribution < 1.29 is 27.5 Å². The lowest BCUT2D eigenvalue weighted by Gasteiger charge is -2.24. The van der Waals surface area contributed by atoms with E-state index >= 15 is 0 Å². The molecule has 0 aliphatic heterocycles. The van der Waals surface area contributed by atoms with E-state index in [1.54, 1.807) is 19.3 Å². The van der Waals surface area contributed by atoms with Crippen LogP contribution in [0.5, 0.6) is 5.75 Å². The molecule has 37 heavy (non-hydrogen) atoms. The van der Waals surface area contributed by atoms with Gasteiger partial charge in [-0.1, -0.05) is 24.3 Å². The van der Waals surface area contributed by atoms with Gasteiger partial charge >= 0.3 is 5.97 Å². The monoisotopic (exact) mass is 507 g/mol. The molecule has 0 radical (unpaired) electrons. The highest BCUT2D eigenvalue weighted by Crippen LogP contribution is 2.25. The smallest absolute Gasteiger partial charge is 0.349 e. The van der Waals surface area contributed by atoms with Crippen LogP contribution in [-0.4, -0.2) is 28.1 Å². The highest BCUT2D eigenvalue weighted by Gasteiger charge is 2.32. The first kappa shape index (κ1) is 26.1. The molecule has 0 unspecified atom stereocenters. The van der Waals surface area contributed by atoms with Gasteiger partial charge in [0, 0.05) is 18.5 Å². The molecule has 1 N–H and O–H groups in total.